The number of aryl methyl sites for hydroxylation is 1. The first-order valence-corrected chi connectivity index (χ1v) is 7.98. The molecule has 25 heavy (non-hydrogen) atoms. The lowest BCUT2D eigenvalue weighted by Gasteiger charge is -2.21. The SMILES string of the molecule is CC[C@H](C)[C@H](NCc1c(O)ccc2c(C)c(C)c(=O)oc12)C(=O)O.Cl. The minimum absolute atomic E-state index is 0. The number of hydrogen-bond acceptors (Lipinski definition) is 5. The number of halogens is 1. The lowest BCUT2D eigenvalue weighted by atomic mass is 9.98. The summed E-state index contributed by atoms with van der Waals surface area (Å²) in [5, 5.41) is 23.2. The minimum Gasteiger partial charge on any atom is -0.507 e. The Kier molecular flexibility index (Phi) is 7.02. The molecule has 0 aliphatic rings. The number of rotatable bonds is 6. The number of benzene rings is 1. The highest BCUT2D eigenvalue weighted by molar-refractivity contribution is 5.86. The zero-order chi connectivity index (χ0) is 18.0. The van der Waals surface area contributed by atoms with Gasteiger partial charge in [-0.15, -0.1) is 12.4 Å². The molecule has 0 saturated carbocycles. The Morgan fingerprint density at radius 2 is 1.92 bits per heavy atom. The molecule has 2 rings (SSSR count). The van der Waals surface area contributed by atoms with Gasteiger partial charge in [0, 0.05) is 17.5 Å². The van der Waals surface area contributed by atoms with Gasteiger partial charge in [0.25, 0.3) is 0 Å². The van der Waals surface area contributed by atoms with Gasteiger partial charge in [-0.05, 0) is 37.5 Å². The number of phenols is 1. The van der Waals surface area contributed by atoms with E-state index in [2.05, 4.69) is 5.32 Å². The molecule has 0 spiro atoms. The molecule has 138 valence electrons. The molecule has 3 N–H and O–H groups in total. The highest BCUT2D eigenvalue weighted by Gasteiger charge is 2.24. The lowest BCUT2D eigenvalue weighted by molar-refractivity contribution is -0.140. The summed E-state index contributed by atoms with van der Waals surface area (Å²) in [6.07, 6.45) is 0.707. The first-order chi connectivity index (χ1) is 11.3. The maximum Gasteiger partial charge on any atom is 0.339 e. The number of aliphatic carboxylic acids is 1. The molecule has 7 heteroatoms. The third-order valence-corrected chi connectivity index (χ3v) is 4.68. The van der Waals surface area contributed by atoms with Crippen molar-refractivity contribution in [2.45, 2.75) is 46.7 Å². The lowest BCUT2D eigenvalue weighted by Crippen LogP contribution is -2.41. The molecule has 0 bridgehead atoms. The number of phenolic OH excluding ortho intramolecular Hbond substituents is 1. The van der Waals surface area contributed by atoms with Crippen molar-refractivity contribution < 1.29 is 19.4 Å². The highest BCUT2D eigenvalue weighted by atomic mass is 35.5. The second-order valence-corrected chi connectivity index (χ2v) is 6.16. The topological polar surface area (TPSA) is 99.8 Å². The molecule has 0 fully saturated rings. The zero-order valence-electron chi connectivity index (χ0n) is 14.8. The summed E-state index contributed by atoms with van der Waals surface area (Å²) in [6.45, 7) is 7.37. The van der Waals surface area contributed by atoms with E-state index in [9.17, 15) is 19.8 Å². The van der Waals surface area contributed by atoms with Crippen molar-refractivity contribution >= 4 is 29.3 Å². The molecule has 0 amide bonds. The van der Waals surface area contributed by atoms with Crippen LogP contribution < -0.4 is 10.9 Å². The van der Waals surface area contributed by atoms with Gasteiger partial charge in [-0.3, -0.25) is 10.1 Å². The Morgan fingerprint density at radius 1 is 1.28 bits per heavy atom. The number of nitrogens with one attached hydrogen (secondary N) is 1. The molecule has 6 nitrogen and oxygen atoms in total. The third-order valence-electron chi connectivity index (χ3n) is 4.68. The summed E-state index contributed by atoms with van der Waals surface area (Å²) < 4.78 is 5.36. The van der Waals surface area contributed by atoms with E-state index in [0.29, 0.717) is 23.1 Å². The predicted octanol–water partition coefficient (Wildman–Crippen LogP) is 3.13. The van der Waals surface area contributed by atoms with E-state index in [0.717, 1.165) is 10.9 Å². The predicted molar refractivity (Wildman–Crippen MR) is 98.6 cm³/mol. The van der Waals surface area contributed by atoms with Crippen LogP contribution in [0.3, 0.4) is 0 Å². The molecule has 0 unspecified atom stereocenters. The standard InChI is InChI=1S/C18H23NO5.ClH/c1-5-9(2)15(17(21)22)19-8-13-14(20)7-6-12-10(3)11(4)18(23)24-16(12)13;/h6-7,9,15,19-20H,5,8H2,1-4H3,(H,21,22);1H/t9-,15-;/m0./s1. The number of hydrogen-bond donors (Lipinski definition) is 3. The Morgan fingerprint density at radius 3 is 2.48 bits per heavy atom. The van der Waals surface area contributed by atoms with Crippen molar-refractivity contribution in [1.29, 1.82) is 0 Å². The van der Waals surface area contributed by atoms with Gasteiger partial charge < -0.3 is 14.6 Å². The van der Waals surface area contributed by atoms with Gasteiger partial charge >= 0.3 is 11.6 Å². The van der Waals surface area contributed by atoms with Gasteiger partial charge in [0.05, 0.1) is 5.56 Å². The fourth-order valence-electron chi connectivity index (χ4n) is 2.70. The van der Waals surface area contributed by atoms with Gasteiger partial charge in [0.2, 0.25) is 0 Å². The van der Waals surface area contributed by atoms with Gasteiger partial charge in [-0.25, -0.2) is 4.79 Å². The molecule has 1 aromatic carbocycles. The minimum atomic E-state index is -0.947. The average Bonchev–Trinajstić information content (AvgIpc) is 2.54. The van der Waals surface area contributed by atoms with Crippen molar-refractivity contribution in [2.75, 3.05) is 0 Å². The molecular weight excluding hydrogens is 346 g/mol. The Labute approximate surface area is 152 Å². The van der Waals surface area contributed by atoms with Crippen LogP contribution in [0.5, 0.6) is 5.75 Å². The van der Waals surface area contributed by atoms with E-state index in [1.165, 1.54) is 6.07 Å². The number of fused-ring (bicyclic) bond motifs is 1. The Hall–Kier alpha value is -2.05. The summed E-state index contributed by atoms with van der Waals surface area (Å²) in [6, 6.07) is 2.48. The van der Waals surface area contributed by atoms with Crippen LogP contribution in [-0.2, 0) is 11.3 Å². The van der Waals surface area contributed by atoms with E-state index in [4.69, 9.17) is 4.42 Å². The summed E-state index contributed by atoms with van der Waals surface area (Å²) in [7, 11) is 0. The van der Waals surface area contributed by atoms with Gasteiger partial charge in [0.1, 0.15) is 17.4 Å². The van der Waals surface area contributed by atoms with Crippen LogP contribution in [0.1, 0.15) is 37.0 Å². The van der Waals surface area contributed by atoms with Crippen molar-refractivity contribution in [3.63, 3.8) is 0 Å². The van der Waals surface area contributed by atoms with E-state index in [1.54, 1.807) is 13.0 Å². The fourth-order valence-corrected chi connectivity index (χ4v) is 2.70. The monoisotopic (exact) mass is 369 g/mol. The number of carbonyl (C=O) groups is 1. The Balaban J connectivity index is 0.00000312. The average molecular weight is 370 g/mol. The summed E-state index contributed by atoms with van der Waals surface area (Å²) in [5.74, 6) is -1.05. The van der Waals surface area contributed by atoms with Crippen LogP contribution in [0.25, 0.3) is 11.0 Å². The zero-order valence-corrected chi connectivity index (χ0v) is 15.6. The van der Waals surface area contributed by atoms with Crippen molar-refractivity contribution in [3.05, 3.63) is 39.2 Å². The van der Waals surface area contributed by atoms with Crippen LogP contribution in [0.2, 0.25) is 0 Å². The second-order valence-electron chi connectivity index (χ2n) is 6.16. The van der Waals surface area contributed by atoms with Crippen LogP contribution in [0.4, 0.5) is 0 Å². The summed E-state index contributed by atoms with van der Waals surface area (Å²) in [4.78, 5) is 23.4. The van der Waals surface area contributed by atoms with Crippen LogP contribution in [0, 0.1) is 19.8 Å². The number of carboxylic acid groups (broad SMARTS) is 1. The smallest absolute Gasteiger partial charge is 0.339 e. The molecule has 2 aromatic rings. The first kappa shape index (κ1) is 21.0. The molecule has 2 atom stereocenters. The largest absolute Gasteiger partial charge is 0.507 e. The van der Waals surface area contributed by atoms with E-state index in [-0.39, 0.29) is 30.6 Å². The van der Waals surface area contributed by atoms with E-state index in [1.807, 2.05) is 20.8 Å². The molecule has 0 saturated heterocycles. The molecule has 1 aromatic heterocycles. The Bertz CT molecular complexity index is 830. The van der Waals surface area contributed by atoms with E-state index < -0.39 is 17.6 Å². The van der Waals surface area contributed by atoms with Gasteiger partial charge in [-0.2, -0.15) is 0 Å². The third kappa shape index (κ3) is 4.14. The fraction of sp³-hybridized carbons (Fsp3) is 0.444. The normalized spacial score (nSPS) is 13.3. The molecule has 0 aliphatic carbocycles. The van der Waals surface area contributed by atoms with Crippen LogP contribution in [-0.4, -0.2) is 22.2 Å². The van der Waals surface area contributed by atoms with Crippen molar-refractivity contribution in [2.24, 2.45) is 5.92 Å². The quantitative estimate of drug-likeness (QED) is 0.676. The summed E-state index contributed by atoms with van der Waals surface area (Å²) >= 11 is 0. The maximum absolute atomic E-state index is 12.0. The maximum atomic E-state index is 12.0. The first-order valence-electron chi connectivity index (χ1n) is 7.98. The number of aromatic hydroxyl groups is 1. The van der Waals surface area contributed by atoms with Crippen LogP contribution in [0.15, 0.2) is 21.3 Å². The summed E-state index contributed by atoms with van der Waals surface area (Å²) in [5.41, 5.74) is 1.55. The van der Waals surface area contributed by atoms with Crippen molar-refractivity contribution in [1.82, 2.24) is 5.32 Å². The molecule has 0 radical (unpaired) electrons. The molecular formula is C18H24ClNO5. The van der Waals surface area contributed by atoms with Crippen LogP contribution >= 0.6 is 12.4 Å². The van der Waals surface area contributed by atoms with Crippen molar-refractivity contribution in [3.8, 4) is 5.75 Å². The van der Waals surface area contributed by atoms with Gasteiger partial charge in [0.15, 0.2) is 0 Å². The highest BCUT2D eigenvalue weighted by Crippen LogP contribution is 2.29. The molecule has 1 heterocycles. The second kappa shape index (κ2) is 8.36. The molecule has 0 aliphatic heterocycles. The van der Waals surface area contributed by atoms with Gasteiger partial charge in [-0.1, -0.05) is 20.3 Å². The van der Waals surface area contributed by atoms with E-state index >= 15 is 0 Å². The number of carboxylic acids is 1.